The molecule has 0 radical (unpaired) electrons. The van der Waals surface area contributed by atoms with Gasteiger partial charge in [-0.05, 0) is 55.0 Å². The molecule has 4 heteroatoms. The van der Waals surface area contributed by atoms with Crippen molar-refractivity contribution in [1.82, 2.24) is 4.98 Å². The molecule has 0 spiro atoms. The number of fused-ring (bicyclic) bond motifs is 1. The number of nitrogens with zero attached hydrogens (tertiary/aromatic N) is 1. The van der Waals surface area contributed by atoms with E-state index < -0.39 is 0 Å². The smallest absolute Gasteiger partial charge is 0.225 e. The van der Waals surface area contributed by atoms with Crippen LogP contribution in [-0.4, -0.2) is 16.7 Å². The lowest BCUT2D eigenvalue weighted by Crippen LogP contribution is -2.14. The van der Waals surface area contributed by atoms with Crippen molar-refractivity contribution in [3.63, 3.8) is 0 Å². The predicted octanol–water partition coefficient (Wildman–Crippen LogP) is 3.48. The van der Waals surface area contributed by atoms with E-state index in [4.69, 9.17) is 0 Å². The molecule has 0 atom stereocenters. The topological polar surface area (TPSA) is 59.1 Å². The van der Waals surface area contributed by atoms with Crippen molar-refractivity contribution in [2.24, 2.45) is 0 Å². The monoisotopic (exact) mass is 308 g/mol. The van der Waals surface area contributed by atoms with Gasteiger partial charge in [0.25, 0.3) is 0 Å². The molecule has 1 amide bonds. The van der Waals surface area contributed by atoms with Crippen LogP contribution in [0.3, 0.4) is 0 Å². The highest BCUT2D eigenvalue weighted by Crippen LogP contribution is 2.23. The Hall–Kier alpha value is -2.49. The summed E-state index contributed by atoms with van der Waals surface area (Å²) in [6.07, 6.45) is 5.41. The number of aryl methyl sites for hydroxylation is 3. The number of rotatable bonds is 5. The number of Topliss-reactive ketones (excluding diaryl/α,β-unsaturated/α-hetero) is 1. The first-order valence-corrected chi connectivity index (χ1v) is 7.99. The van der Waals surface area contributed by atoms with E-state index in [-0.39, 0.29) is 24.5 Å². The molecular weight excluding hydrogens is 288 g/mol. The Morgan fingerprint density at radius 2 is 1.91 bits per heavy atom. The average Bonchev–Trinajstić information content (AvgIpc) is 3.02. The minimum atomic E-state index is -0.184. The summed E-state index contributed by atoms with van der Waals surface area (Å²) in [5.74, 6) is 0.355. The Labute approximate surface area is 135 Å². The molecule has 23 heavy (non-hydrogen) atoms. The molecule has 0 saturated carbocycles. The Bertz CT molecular complexity index is 736. The SMILES string of the molecule is Cc1ccc(NC(=O)CCC(=O)c2ccc3c(c2)CCC3)nc1. The van der Waals surface area contributed by atoms with Crippen molar-refractivity contribution in [3.8, 4) is 0 Å². The van der Waals surface area contributed by atoms with Gasteiger partial charge in [0.15, 0.2) is 5.78 Å². The molecule has 1 aliphatic carbocycles. The van der Waals surface area contributed by atoms with Crippen molar-refractivity contribution in [1.29, 1.82) is 0 Å². The number of anilines is 1. The predicted molar refractivity (Wildman–Crippen MR) is 89.6 cm³/mol. The molecule has 1 aliphatic rings. The number of hydrogen-bond acceptors (Lipinski definition) is 3. The van der Waals surface area contributed by atoms with Gasteiger partial charge in [0.05, 0.1) is 0 Å². The highest BCUT2D eigenvalue weighted by atomic mass is 16.2. The second-order valence-corrected chi connectivity index (χ2v) is 6.03. The minimum Gasteiger partial charge on any atom is -0.311 e. The molecular formula is C19H20N2O2. The van der Waals surface area contributed by atoms with Crippen LogP contribution in [0.5, 0.6) is 0 Å². The van der Waals surface area contributed by atoms with Crippen LogP contribution in [0.1, 0.15) is 46.3 Å². The first-order chi connectivity index (χ1) is 11.1. The largest absolute Gasteiger partial charge is 0.311 e. The standard InChI is InChI=1S/C19H20N2O2/c1-13-5-9-18(20-12-13)21-19(23)10-8-17(22)16-7-6-14-3-2-4-15(14)11-16/h5-7,9,11-12H,2-4,8,10H2,1H3,(H,20,21,23). The zero-order chi connectivity index (χ0) is 16.2. The third kappa shape index (κ3) is 3.83. The molecule has 118 valence electrons. The number of carbonyl (C=O) groups excluding carboxylic acids is 2. The molecule has 0 fully saturated rings. The number of benzene rings is 1. The molecule has 4 nitrogen and oxygen atoms in total. The van der Waals surface area contributed by atoms with Gasteiger partial charge in [-0.1, -0.05) is 18.2 Å². The van der Waals surface area contributed by atoms with E-state index in [1.54, 1.807) is 12.3 Å². The fourth-order valence-electron chi connectivity index (χ4n) is 2.86. The molecule has 2 aromatic rings. The molecule has 1 N–H and O–H groups in total. The Balaban J connectivity index is 1.54. The number of carbonyl (C=O) groups is 2. The molecule has 1 aromatic carbocycles. The summed E-state index contributed by atoms with van der Waals surface area (Å²) in [7, 11) is 0. The van der Waals surface area contributed by atoms with Crippen LogP contribution in [0.15, 0.2) is 36.5 Å². The number of pyridine rings is 1. The summed E-state index contributed by atoms with van der Waals surface area (Å²) in [4.78, 5) is 28.3. The van der Waals surface area contributed by atoms with Gasteiger partial charge < -0.3 is 5.32 Å². The molecule has 0 unspecified atom stereocenters. The van der Waals surface area contributed by atoms with Crippen LogP contribution in [0.4, 0.5) is 5.82 Å². The number of hydrogen-bond donors (Lipinski definition) is 1. The van der Waals surface area contributed by atoms with Gasteiger partial charge in [-0.3, -0.25) is 9.59 Å². The third-order valence-electron chi connectivity index (χ3n) is 4.18. The number of amides is 1. The molecule has 3 rings (SSSR count). The summed E-state index contributed by atoms with van der Waals surface area (Å²) < 4.78 is 0. The van der Waals surface area contributed by atoms with Crippen molar-refractivity contribution < 1.29 is 9.59 Å². The summed E-state index contributed by atoms with van der Waals surface area (Å²) >= 11 is 0. The Morgan fingerprint density at radius 1 is 1.09 bits per heavy atom. The minimum absolute atomic E-state index is 0.0201. The second kappa shape index (κ2) is 6.73. The maximum Gasteiger partial charge on any atom is 0.225 e. The van der Waals surface area contributed by atoms with E-state index in [2.05, 4.69) is 10.3 Å². The van der Waals surface area contributed by atoms with Crippen LogP contribution in [-0.2, 0) is 17.6 Å². The first-order valence-electron chi connectivity index (χ1n) is 7.99. The van der Waals surface area contributed by atoms with Crippen LogP contribution >= 0.6 is 0 Å². The van der Waals surface area contributed by atoms with Gasteiger partial charge in [-0.2, -0.15) is 0 Å². The lowest BCUT2D eigenvalue weighted by molar-refractivity contribution is -0.116. The van der Waals surface area contributed by atoms with Gasteiger partial charge in [0, 0.05) is 24.6 Å². The van der Waals surface area contributed by atoms with E-state index >= 15 is 0 Å². The zero-order valence-electron chi connectivity index (χ0n) is 13.3. The second-order valence-electron chi connectivity index (χ2n) is 6.03. The summed E-state index contributed by atoms with van der Waals surface area (Å²) in [5.41, 5.74) is 4.38. The van der Waals surface area contributed by atoms with Gasteiger partial charge in [-0.15, -0.1) is 0 Å². The van der Waals surface area contributed by atoms with Crippen LogP contribution < -0.4 is 5.32 Å². The quantitative estimate of drug-likeness (QED) is 0.860. The van der Waals surface area contributed by atoms with E-state index in [1.165, 1.54) is 17.5 Å². The van der Waals surface area contributed by atoms with Gasteiger partial charge in [0.2, 0.25) is 5.91 Å². The maximum absolute atomic E-state index is 12.3. The highest BCUT2D eigenvalue weighted by Gasteiger charge is 2.15. The maximum atomic E-state index is 12.3. The van der Waals surface area contributed by atoms with Crippen LogP contribution in [0, 0.1) is 6.92 Å². The van der Waals surface area contributed by atoms with Crippen LogP contribution in [0.25, 0.3) is 0 Å². The van der Waals surface area contributed by atoms with E-state index in [0.717, 1.165) is 18.4 Å². The number of nitrogens with one attached hydrogen (secondary N) is 1. The normalized spacial score (nSPS) is 12.7. The highest BCUT2D eigenvalue weighted by molar-refractivity contribution is 6.00. The fraction of sp³-hybridized carbons (Fsp3) is 0.316. The average molecular weight is 308 g/mol. The molecule has 0 saturated heterocycles. The van der Waals surface area contributed by atoms with Gasteiger partial charge in [-0.25, -0.2) is 4.98 Å². The Morgan fingerprint density at radius 3 is 2.70 bits per heavy atom. The zero-order valence-corrected chi connectivity index (χ0v) is 13.3. The first kappa shape index (κ1) is 15.4. The molecule has 1 heterocycles. The van der Waals surface area contributed by atoms with Crippen molar-refractivity contribution in [2.75, 3.05) is 5.32 Å². The van der Waals surface area contributed by atoms with Crippen LogP contribution in [0.2, 0.25) is 0 Å². The van der Waals surface area contributed by atoms with Crippen molar-refractivity contribution in [2.45, 2.75) is 39.0 Å². The third-order valence-corrected chi connectivity index (χ3v) is 4.18. The van der Waals surface area contributed by atoms with E-state index in [9.17, 15) is 9.59 Å². The number of ketones is 1. The van der Waals surface area contributed by atoms with Crippen molar-refractivity contribution >= 4 is 17.5 Å². The van der Waals surface area contributed by atoms with E-state index in [1.807, 2.05) is 31.2 Å². The van der Waals surface area contributed by atoms with E-state index in [0.29, 0.717) is 11.4 Å². The lowest BCUT2D eigenvalue weighted by atomic mass is 10.0. The Kier molecular flexibility index (Phi) is 4.51. The van der Waals surface area contributed by atoms with Crippen molar-refractivity contribution in [3.05, 3.63) is 58.8 Å². The molecule has 0 aliphatic heterocycles. The van der Waals surface area contributed by atoms with Gasteiger partial charge >= 0.3 is 0 Å². The van der Waals surface area contributed by atoms with Gasteiger partial charge in [0.1, 0.15) is 5.82 Å². The summed E-state index contributed by atoms with van der Waals surface area (Å²) in [6.45, 7) is 1.94. The summed E-state index contributed by atoms with van der Waals surface area (Å²) in [6, 6.07) is 9.57. The fourth-order valence-corrected chi connectivity index (χ4v) is 2.86. The molecule has 0 bridgehead atoms. The molecule has 1 aromatic heterocycles. The number of aromatic nitrogens is 1. The lowest BCUT2D eigenvalue weighted by Gasteiger charge is -2.06. The summed E-state index contributed by atoms with van der Waals surface area (Å²) in [5, 5.41) is 2.72.